The van der Waals surface area contributed by atoms with Gasteiger partial charge in [-0.2, -0.15) is 0 Å². The van der Waals surface area contributed by atoms with Crippen molar-refractivity contribution in [1.82, 2.24) is 10.2 Å². The van der Waals surface area contributed by atoms with E-state index in [9.17, 15) is 9.59 Å². The molecule has 1 fully saturated rings. The van der Waals surface area contributed by atoms with E-state index in [1.807, 2.05) is 0 Å². The van der Waals surface area contributed by atoms with E-state index in [0.717, 1.165) is 4.90 Å². The van der Waals surface area contributed by atoms with Crippen LogP contribution in [-0.4, -0.2) is 31.1 Å². The number of ether oxygens (including phenoxy) is 2. The van der Waals surface area contributed by atoms with E-state index in [-0.39, 0.29) is 6.54 Å². The molecular formula is C19H18Cl2N2O4. The average molecular weight is 409 g/mol. The third-order valence-electron chi connectivity index (χ3n) is 4.61. The first-order valence-electron chi connectivity index (χ1n) is 8.11. The summed E-state index contributed by atoms with van der Waals surface area (Å²) >= 11 is 12.4. The Labute approximate surface area is 167 Å². The highest BCUT2D eigenvalue weighted by atomic mass is 35.5. The van der Waals surface area contributed by atoms with Gasteiger partial charge in [-0.3, -0.25) is 9.69 Å². The number of urea groups is 1. The molecule has 0 radical (unpaired) electrons. The molecule has 1 atom stereocenters. The summed E-state index contributed by atoms with van der Waals surface area (Å²) in [6.07, 6.45) is 0. The first-order valence-corrected chi connectivity index (χ1v) is 8.87. The number of amides is 3. The van der Waals surface area contributed by atoms with Crippen molar-refractivity contribution in [1.29, 1.82) is 0 Å². The molecule has 1 heterocycles. The number of nitrogens with one attached hydrogen (secondary N) is 1. The molecule has 1 saturated heterocycles. The number of carbonyl (C=O) groups is 2. The number of imide groups is 1. The maximum absolute atomic E-state index is 13.1. The third-order valence-corrected chi connectivity index (χ3v) is 5.32. The number of carbonyl (C=O) groups excluding carboxylic acids is 2. The van der Waals surface area contributed by atoms with Gasteiger partial charge in [0, 0.05) is 15.6 Å². The fraction of sp³-hybridized carbons (Fsp3) is 0.263. The van der Waals surface area contributed by atoms with Gasteiger partial charge in [-0.1, -0.05) is 35.3 Å². The van der Waals surface area contributed by atoms with Gasteiger partial charge in [-0.25, -0.2) is 4.79 Å². The van der Waals surface area contributed by atoms with Crippen LogP contribution in [0.5, 0.6) is 11.5 Å². The van der Waals surface area contributed by atoms with Gasteiger partial charge in [0.2, 0.25) is 0 Å². The van der Waals surface area contributed by atoms with E-state index in [1.54, 1.807) is 43.3 Å². The lowest BCUT2D eigenvalue weighted by Gasteiger charge is -2.23. The first kappa shape index (κ1) is 19.3. The van der Waals surface area contributed by atoms with Gasteiger partial charge < -0.3 is 14.8 Å². The number of methoxy groups -OCH3 is 2. The van der Waals surface area contributed by atoms with E-state index < -0.39 is 17.5 Å². The van der Waals surface area contributed by atoms with Gasteiger partial charge in [-0.05, 0) is 36.8 Å². The Hall–Kier alpha value is -2.44. The van der Waals surface area contributed by atoms with E-state index in [1.165, 1.54) is 14.2 Å². The predicted octanol–water partition coefficient (Wildman–Crippen LogP) is 3.98. The van der Waals surface area contributed by atoms with Crippen LogP contribution in [-0.2, 0) is 16.9 Å². The molecule has 1 unspecified atom stereocenters. The number of rotatable bonds is 5. The standard InChI is InChI=1S/C19H18Cl2N2O4/c1-19(11-7-8-15(26-2)16(9-11)27-3)17(24)23(18(25)22-19)10-12-13(20)5-4-6-14(12)21/h4-9H,10H2,1-3H3,(H,22,25). The highest BCUT2D eigenvalue weighted by molar-refractivity contribution is 6.36. The molecule has 3 amide bonds. The van der Waals surface area contributed by atoms with Crippen molar-refractivity contribution >= 4 is 35.1 Å². The number of halogens is 2. The molecule has 2 aromatic carbocycles. The van der Waals surface area contributed by atoms with Crippen LogP contribution in [0.15, 0.2) is 36.4 Å². The van der Waals surface area contributed by atoms with Crippen LogP contribution in [0.2, 0.25) is 10.0 Å². The minimum absolute atomic E-state index is 0.0218. The smallest absolute Gasteiger partial charge is 0.325 e. The summed E-state index contributed by atoms with van der Waals surface area (Å²) in [4.78, 5) is 26.7. The van der Waals surface area contributed by atoms with Crippen molar-refractivity contribution in [3.63, 3.8) is 0 Å². The lowest BCUT2D eigenvalue weighted by Crippen LogP contribution is -2.40. The maximum Gasteiger partial charge on any atom is 0.325 e. The van der Waals surface area contributed by atoms with Crippen LogP contribution < -0.4 is 14.8 Å². The molecule has 3 rings (SSSR count). The maximum atomic E-state index is 13.1. The van der Waals surface area contributed by atoms with E-state index >= 15 is 0 Å². The van der Waals surface area contributed by atoms with Crippen molar-refractivity contribution in [3.8, 4) is 11.5 Å². The quantitative estimate of drug-likeness (QED) is 0.759. The Morgan fingerprint density at radius 2 is 1.67 bits per heavy atom. The molecule has 27 heavy (non-hydrogen) atoms. The largest absolute Gasteiger partial charge is 0.493 e. The zero-order valence-corrected chi connectivity index (χ0v) is 16.5. The number of nitrogens with zero attached hydrogens (tertiary/aromatic N) is 1. The SMILES string of the molecule is COc1ccc(C2(C)NC(=O)N(Cc3c(Cl)cccc3Cl)C2=O)cc1OC. The van der Waals surface area contributed by atoms with Gasteiger partial charge in [0.1, 0.15) is 5.54 Å². The molecule has 0 spiro atoms. The van der Waals surface area contributed by atoms with Gasteiger partial charge in [-0.15, -0.1) is 0 Å². The Bertz CT molecular complexity index is 898. The lowest BCUT2D eigenvalue weighted by molar-refractivity contribution is -0.131. The molecule has 142 valence electrons. The predicted molar refractivity (Wildman–Crippen MR) is 102 cm³/mol. The topological polar surface area (TPSA) is 67.9 Å². The van der Waals surface area contributed by atoms with Crippen LogP contribution in [0.3, 0.4) is 0 Å². The van der Waals surface area contributed by atoms with Crippen LogP contribution in [0, 0.1) is 0 Å². The van der Waals surface area contributed by atoms with Gasteiger partial charge in [0.25, 0.3) is 5.91 Å². The molecule has 1 aliphatic heterocycles. The number of hydrogen-bond acceptors (Lipinski definition) is 4. The highest BCUT2D eigenvalue weighted by Crippen LogP contribution is 2.36. The molecule has 0 aromatic heterocycles. The molecule has 1 N–H and O–H groups in total. The second-order valence-electron chi connectivity index (χ2n) is 6.22. The van der Waals surface area contributed by atoms with Gasteiger partial charge in [0.15, 0.2) is 11.5 Å². The summed E-state index contributed by atoms with van der Waals surface area (Å²) < 4.78 is 10.5. The summed E-state index contributed by atoms with van der Waals surface area (Å²) in [5.74, 6) is 0.586. The van der Waals surface area contributed by atoms with E-state index in [0.29, 0.717) is 32.7 Å². The van der Waals surface area contributed by atoms with Crippen LogP contribution >= 0.6 is 23.2 Å². The lowest BCUT2D eigenvalue weighted by atomic mass is 9.91. The van der Waals surface area contributed by atoms with E-state index in [4.69, 9.17) is 32.7 Å². The van der Waals surface area contributed by atoms with Crippen LogP contribution in [0.4, 0.5) is 4.79 Å². The van der Waals surface area contributed by atoms with Crippen molar-refractivity contribution < 1.29 is 19.1 Å². The molecule has 8 heteroatoms. The summed E-state index contributed by atoms with van der Waals surface area (Å²) in [5.41, 5.74) is -0.156. The van der Waals surface area contributed by atoms with Gasteiger partial charge in [0.05, 0.1) is 20.8 Å². The zero-order valence-electron chi connectivity index (χ0n) is 15.0. The summed E-state index contributed by atoms with van der Waals surface area (Å²) in [5, 5.41) is 3.53. The van der Waals surface area contributed by atoms with Crippen molar-refractivity contribution in [3.05, 3.63) is 57.6 Å². The fourth-order valence-corrected chi connectivity index (χ4v) is 3.54. The summed E-state index contributed by atoms with van der Waals surface area (Å²) in [6, 6.07) is 9.58. The zero-order chi connectivity index (χ0) is 19.8. The van der Waals surface area contributed by atoms with Crippen LogP contribution in [0.1, 0.15) is 18.1 Å². The Morgan fingerprint density at radius 1 is 1.04 bits per heavy atom. The van der Waals surface area contributed by atoms with E-state index in [2.05, 4.69) is 5.32 Å². The fourth-order valence-electron chi connectivity index (χ4n) is 3.02. The Balaban J connectivity index is 1.95. The van der Waals surface area contributed by atoms with Gasteiger partial charge >= 0.3 is 6.03 Å². The minimum atomic E-state index is -1.25. The molecule has 0 saturated carbocycles. The summed E-state index contributed by atoms with van der Waals surface area (Å²) in [6.45, 7) is 1.62. The Morgan fingerprint density at radius 3 is 2.26 bits per heavy atom. The minimum Gasteiger partial charge on any atom is -0.493 e. The Kier molecular flexibility index (Phi) is 5.22. The molecule has 2 aromatic rings. The molecule has 0 aliphatic carbocycles. The number of hydrogen-bond donors (Lipinski definition) is 1. The molecule has 6 nitrogen and oxygen atoms in total. The van der Waals surface area contributed by atoms with Crippen LogP contribution in [0.25, 0.3) is 0 Å². The molecule has 0 bridgehead atoms. The van der Waals surface area contributed by atoms with Crippen molar-refractivity contribution in [2.24, 2.45) is 0 Å². The second-order valence-corrected chi connectivity index (χ2v) is 7.03. The van der Waals surface area contributed by atoms with Crippen molar-refractivity contribution in [2.45, 2.75) is 19.0 Å². The third kappa shape index (κ3) is 3.31. The normalized spacial score (nSPS) is 19.2. The highest BCUT2D eigenvalue weighted by Gasteiger charge is 2.49. The van der Waals surface area contributed by atoms with Crippen molar-refractivity contribution in [2.75, 3.05) is 14.2 Å². The second kappa shape index (κ2) is 7.29. The first-order chi connectivity index (χ1) is 12.8. The monoisotopic (exact) mass is 408 g/mol. The summed E-state index contributed by atoms with van der Waals surface area (Å²) in [7, 11) is 3.03. The average Bonchev–Trinajstić information content (AvgIpc) is 2.87. The molecular weight excluding hydrogens is 391 g/mol. The number of benzene rings is 2. The molecule has 1 aliphatic rings.